The lowest BCUT2D eigenvalue weighted by molar-refractivity contribution is 0.102. The van der Waals surface area contributed by atoms with Crippen LogP contribution in [-0.2, 0) is 6.42 Å². The van der Waals surface area contributed by atoms with E-state index in [1.807, 2.05) is 30.3 Å². The molecule has 1 N–H and O–H groups in total. The van der Waals surface area contributed by atoms with Crippen LogP contribution in [0.3, 0.4) is 0 Å². The average Bonchev–Trinajstić information content (AvgIpc) is 3.10. The summed E-state index contributed by atoms with van der Waals surface area (Å²) in [5.41, 5.74) is 6.10. The van der Waals surface area contributed by atoms with Gasteiger partial charge in [0, 0.05) is 18.7 Å². The first-order valence-electron chi connectivity index (χ1n) is 12.2. The Morgan fingerprint density at radius 3 is 2.33 bits per heavy atom. The average molecular weight is 442 g/mol. The number of aryl methyl sites for hydroxylation is 1. The van der Waals surface area contributed by atoms with E-state index < -0.39 is 0 Å². The highest BCUT2D eigenvalue weighted by Gasteiger charge is 2.13. The van der Waals surface area contributed by atoms with Crippen LogP contribution in [0.2, 0.25) is 0 Å². The molecule has 4 nitrogen and oxygen atoms in total. The molecule has 4 heteroatoms. The lowest BCUT2D eigenvalue weighted by atomic mass is 9.95. The zero-order chi connectivity index (χ0) is 23.2. The van der Waals surface area contributed by atoms with Crippen molar-refractivity contribution in [3.05, 3.63) is 77.5 Å². The fraction of sp³-hybridized carbons (Fsp3) is 0.379. The minimum atomic E-state index is -0.114. The van der Waals surface area contributed by atoms with Gasteiger partial charge in [-0.15, -0.1) is 0 Å². The Labute approximate surface area is 198 Å². The lowest BCUT2D eigenvalue weighted by Gasteiger charge is -2.21. The third-order valence-electron chi connectivity index (χ3n) is 6.34. The van der Waals surface area contributed by atoms with Crippen LogP contribution in [0.4, 0.5) is 11.5 Å². The van der Waals surface area contributed by atoms with Crippen LogP contribution in [0, 0.1) is 12.8 Å². The van der Waals surface area contributed by atoms with Gasteiger partial charge in [0.15, 0.2) is 0 Å². The second-order valence-corrected chi connectivity index (χ2v) is 9.59. The highest BCUT2D eigenvalue weighted by Crippen LogP contribution is 2.26. The van der Waals surface area contributed by atoms with E-state index in [0.717, 1.165) is 47.7 Å². The molecule has 0 bridgehead atoms. The maximum atomic E-state index is 13.0. The summed E-state index contributed by atoms with van der Waals surface area (Å²) in [6.07, 6.45) is 7.87. The van der Waals surface area contributed by atoms with Crippen molar-refractivity contribution in [1.82, 2.24) is 4.98 Å². The maximum Gasteiger partial charge on any atom is 0.255 e. The van der Waals surface area contributed by atoms with Crippen molar-refractivity contribution in [2.75, 3.05) is 23.3 Å². The predicted molar refractivity (Wildman–Crippen MR) is 138 cm³/mol. The van der Waals surface area contributed by atoms with Gasteiger partial charge < -0.3 is 10.2 Å². The number of anilines is 2. The Morgan fingerprint density at radius 1 is 0.970 bits per heavy atom. The summed E-state index contributed by atoms with van der Waals surface area (Å²) >= 11 is 0. The summed E-state index contributed by atoms with van der Waals surface area (Å²) in [6.45, 7) is 8.67. The molecular formula is C29H35N3O. The molecular weight excluding hydrogens is 406 g/mol. The molecule has 3 aromatic rings. The summed E-state index contributed by atoms with van der Waals surface area (Å²) < 4.78 is 0. The van der Waals surface area contributed by atoms with Crippen molar-refractivity contribution in [3.63, 3.8) is 0 Å². The first-order valence-corrected chi connectivity index (χ1v) is 12.2. The van der Waals surface area contributed by atoms with Gasteiger partial charge in [-0.25, -0.2) is 4.98 Å². The fourth-order valence-electron chi connectivity index (χ4n) is 4.52. The summed E-state index contributed by atoms with van der Waals surface area (Å²) in [4.78, 5) is 19.9. The van der Waals surface area contributed by atoms with Gasteiger partial charge in [0.25, 0.3) is 5.91 Å². The molecule has 1 aliphatic rings. The molecule has 1 aliphatic heterocycles. The molecule has 1 saturated heterocycles. The van der Waals surface area contributed by atoms with Crippen molar-refractivity contribution in [2.45, 2.75) is 52.9 Å². The molecule has 1 aromatic heterocycles. The summed E-state index contributed by atoms with van der Waals surface area (Å²) in [5, 5.41) is 3.01. The minimum Gasteiger partial charge on any atom is -0.357 e. The largest absolute Gasteiger partial charge is 0.357 e. The van der Waals surface area contributed by atoms with Gasteiger partial charge >= 0.3 is 0 Å². The molecule has 0 spiro atoms. The first kappa shape index (κ1) is 23.0. The third kappa shape index (κ3) is 6.01. The van der Waals surface area contributed by atoms with Crippen LogP contribution < -0.4 is 10.2 Å². The minimum absolute atomic E-state index is 0.114. The van der Waals surface area contributed by atoms with Crippen molar-refractivity contribution in [3.8, 4) is 11.1 Å². The van der Waals surface area contributed by atoms with Gasteiger partial charge in [-0.05, 0) is 78.6 Å². The monoisotopic (exact) mass is 441 g/mol. The van der Waals surface area contributed by atoms with E-state index in [0.29, 0.717) is 11.5 Å². The Kier molecular flexibility index (Phi) is 7.43. The number of carbonyl (C=O) groups is 1. The van der Waals surface area contributed by atoms with Crippen LogP contribution in [-0.4, -0.2) is 24.0 Å². The van der Waals surface area contributed by atoms with Crippen molar-refractivity contribution < 1.29 is 4.79 Å². The number of rotatable bonds is 6. The van der Waals surface area contributed by atoms with E-state index in [1.54, 1.807) is 6.20 Å². The number of nitrogens with one attached hydrogen (secondary N) is 1. The first-order chi connectivity index (χ1) is 16.0. The van der Waals surface area contributed by atoms with Gasteiger partial charge in [0.05, 0.1) is 11.9 Å². The van der Waals surface area contributed by atoms with Crippen LogP contribution in [0.15, 0.2) is 60.8 Å². The van der Waals surface area contributed by atoms with E-state index in [9.17, 15) is 4.79 Å². The molecule has 2 heterocycles. The van der Waals surface area contributed by atoms with Crippen LogP contribution >= 0.6 is 0 Å². The highest BCUT2D eigenvalue weighted by atomic mass is 16.1. The number of aromatic nitrogens is 1. The standard InChI is InChI=1S/C29H35N3O/c1-21(2)18-23-9-12-24(13-10-23)27-19-25(11-8-22(27)3)29(33)31-26-14-15-28(30-20-26)32-16-6-4-5-7-17-32/h8-15,19-21H,4-7,16-18H2,1-3H3,(H,31,33). The number of pyridine rings is 1. The number of hydrogen-bond donors (Lipinski definition) is 1. The van der Waals surface area contributed by atoms with Gasteiger partial charge in [-0.3, -0.25) is 4.79 Å². The quantitative estimate of drug-likeness (QED) is 0.453. The Morgan fingerprint density at radius 2 is 1.70 bits per heavy atom. The molecule has 0 atom stereocenters. The molecule has 0 saturated carbocycles. The molecule has 33 heavy (non-hydrogen) atoms. The van der Waals surface area contributed by atoms with E-state index in [-0.39, 0.29) is 5.91 Å². The zero-order valence-electron chi connectivity index (χ0n) is 20.1. The topological polar surface area (TPSA) is 45.2 Å². The number of hydrogen-bond acceptors (Lipinski definition) is 3. The number of amides is 1. The Balaban J connectivity index is 1.46. The van der Waals surface area contributed by atoms with Crippen molar-refractivity contribution in [2.24, 2.45) is 5.92 Å². The van der Waals surface area contributed by atoms with Gasteiger partial charge in [-0.1, -0.05) is 57.0 Å². The number of carbonyl (C=O) groups excluding carboxylic acids is 1. The van der Waals surface area contributed by atoms with Gasteiger partial charge in [-0.2, -0.15) is 0 Å². The van der Waals surface area contributed by atoms with Crippen molar-refractivity contribution >= 4 is 17.4 Å². The molecule has 1 amide bonds. The molecule has 4 rings (SSSR count). The van der Waals surface area contributed by atoms with Crippen LogP contribution in [0.1, 0.15) is 61.0 Å². The molecule has 0 aliphatic carbocycles. The molecule has 1 fully saturated rings. The maximum absolute atomic E-state index is 13.0. The predicted octanol–water partition coefficient (Wildman–Crippen LogP) is 6.89. The molecule has 0 unspecified atom stereocenters. The Bertz CT molecular complexity index is 1060. The van der Waals surface area contributed by atoms with E-state index in [1.165, 1.54) is 31.2 Å². The second kappa shape index (κ2) is 10.7. The summed E-state index contributed by atoms with van der Waals surface area (Å²) in [6, 6.07) is 18.6. The molecule has 2 aromatic carbocycles. The number of nitrogens with zero attached hydrogens (tertiary/aromatic N) is 2. The highest BCUT2D eigenvalue weighted by molar-refractivity contribution is 6.05. The summed E-state index contributed by atoms with van der Waals surface area (Å²) in [7, 11) is 0. The van der Waals surface area contributed by atoms with Crippen LogP contribution in [0.25, 0.3) is 11.1 Å². The zero-order valence-corrected chi connectivity index (χ0v) is 20.1. The van der Waals surface area contributed by atoms with Gasteiger partial charge in [0.2, 0.25) is 0 Å². The second-order valence-electron chi connectivity index (χ2n) is 9.59. The normalized spacial score (nSPS) is 14.2. The van der Waals surface area contributed by atoms with E-state index >= 15 is 0 Å². The SMILES string of the molecule is Cc1ccc(C(=O)Nc2ccc(N3CCCCCC3)nc2)cc1-c1ccc(CC(C)C)cc1. The van der Waals surface area contributed by atoms with Crippen LogP contribution in [0.5, 0.6) is 0 Å². The van der Waals surface area contributed by atoms with Crippen molar-refractivity contribution in [1.29, 1.82) is 0 Å². The molecule has 0 radical (unpaired) electrons. The van der Waals surface area contributed by atoms with E-state index in [4.69, 9.17) is 0 Å². The fourth-order valence-corrected chi connectivity index (χ4v) is 4.52. The number of benzene rings is 2. The Hall–Kier alpha value is -3.14. The smallest absolute Gasteiger partial charge is 0.255 e. The van der Waals surface area contributed by atoms with Gasteiger partial charge in [0.1, 0.15) is 5.82 Å². The van der Waals surface area contributed by atoms with E-state index in [2.05, 4.69) is 60.2 Å². The third-order valence-corrected chi connectivity index (χ3v) is 6.34. The summed E-state index contributed by atoms with van der Waals surface area (Å²) in [5.74, 6) is 1.52. The lowest BCUT2D eigenvalue weighted by Crippen LogP contribution is -2.24. The molecule has 172 valence electrons.